The van der Waals surface area contributed by atoms with Gasteiger partial charge in [-0.15, -0.1) is 0 Å². The van der Waals surface area contributed by atoms with Crippen LogP contribution in [0.1, 0.15) is 36.0 Å². The summed E-state index contributed by atoms with van der Waals surface area (Å²) in [5.41, 5.74) is 0.484. The summed E-state index contributed by atoms with van der Waals surface area (Å²) in [7, 11) is 0. The molecule has 0 radical (unpaired) electrons. The maximum atomic E-state index is 13.2. The lowest BCUT2D eigenvalue weighted by Crippen LogP contribution is -2.45. The Labute approximate surface area is 120 Å². The van der Waals surface area contributed by atoms with Crippen molar-refractivity contribution in [1.29, 1.82) is 0 Å². The molecule has 1 aliphatic carbocycles. The highest BCUT2D eigenvalue weighted by atomic mass is 79.9. The molecule has 0 aliphatic heterocycles. The fraction of sp³-hybridized carbons (Fsp3) is 0.500. The van der Waals surface area contributed by atoms with E-state index in [0.29, 0.717) is 23.0 Å². The van der Waals surface area contributed by atoms with E-state index in [1.54, 1.807) is 4.90 Å². The molecule has 1 amide bonds. The third kappa shape index (κ3) is 3.34. The zero-order valence-electron chi connectivity index (χ0n) is 10.6. The van der Waals surface area contributed by atoms with Gasteiger partial charge in [0.1, 0.15) is 5.82 Å². The van der Waals surface area contributed by atoms with Crippen LogP contribution in [-0.2, 0) is 0 Å². The van der Waals surface area contributed by atoms with Gasteiger partial charge in [-0.2, -0.15) is 0 Å². The second-order valence-electron chi connectivity index (χ2n) is 4.79. The minimum atomic E-state index is -0.373. The maximum absolute atomic E-state index is 13.2. The summed E-state index contributed by atoms with van der Waals surface area (Å²) >= 11 is 3.10. The van der Waals surface area contributed by atoms with Crippen LogP contribution in [-0.4, -0.2) is 35.1 Å². The number of benzene rings is 1. The molecule has 104 valence electrons. The number of aliphatic hydroxyl groups is 1. The number of hydrogen-bond donors (Lipinski definition) is 1. The van der Waals surface area contributed by atoms with Crippen molar-refractivity contribution >= 4 is 21.8 Å². The predicted molar refractivity (Wildman–Crippen MR) is 74.5 cm³/mol. The third-order valence-electron chi connectivity index (χ3n) is 3.50. The molecule has 0 aromatic heterocycles. The molecule has 1 N–H and O–H groups in total. The Balaban J connectivity index is 2.15. The number of amides is 1. The van der Waals surface area contributed by atoms with Crippen LogP contribution in [0.4, 0.5) is 4.39 Å². The second kappa shape index (κ2) is 6.48. The van der Waals surface area contributed by atoms with Gasteiger partial charge in [0.25, 0.3) is 5.91 Å². The molecular weight excluding hydrogens is 313 g/mol. The molecule has 1 aromatic carbocycles. The SMILES string of the molecule is O=C(c1ccc(F)c(Br)c1)N(CCCO)C1CCC1. The van der Waals surface area contributed by atoms with Crippen LogP contribution in [0.3, 0.4) is 0 Å². The Hall–Kier alpha value is -0.940. The van der Waals surface area contributed by atoms with Crippen LogP contribution >= 0.6 is 15.9 Å². The van der Waals surface area contributed by atoms with Gasteiger partial charge < -0.3 is 10.0 Å². The number of rotatable bonds is 5. The van der Waals surface area contributed by atoms with Gasteiger partial charge in [-0.1, -0.05) is 0 Å². The molecule has 1 saturated carbocycles. The molecule has 0 heterocycles. The van der Waals surface area contributed by atoms with Gasteiger partial charge in [0.2, 0.25) is 0 Å². The molecule has 0 atom stereocenters. The Morgan fingerprint density at radius 3 is 2.74 bits per heavy atom. The first-order valence-corrected chi connectivity index (χ1v) is 7.29. The summed E-state index contributed by atoms with van der Waals surface area (Å²) < 4.78 is 13.5. The summed E-state index contributed by atoms with van der Waals surface area (Å²) in [5, 5.41) is 8.93. The summed E-state index contributed by atoms with van der Waals surface area (Å²) in [4.78, 5) is 14.3. The van der Waals surface area contributed by atoms with E-state index in [1.807, 2.05) is 0 Å². The van der Waals surface area contributed by atoms with Gasteiger partial charge in [-0.3, -0.25) is 4.79 Å². The van der Waals surface area contributed by atoms with Gasteiger partial charge in [-0.05, 0) is 59.8 Å². The first kappa shape index (κ1) is 14.5. The summed E-state index contributed by atoms with van der Waals surface area (Å²) in [5.74, 6) is -0.457. The summed E-state index contributed by atoms with van der Waals surface area (Å²) in [6.07, 6.45) is 3.74. The van der Waals surface area contributed by atoms with Gasteiger partial charge in [-0.25, -0.2) is 4.39 Å². The van der Waals surface area contributed by atoms with Crippen LogP contribution < -0.4 is 0 Å². The topological polar surface area (TPSA) is 40.5 Å². The molecular formula is C14H17BrFNO2. The number of nitrogens with zero attached hydrogens (tertiary/aromatic N) is 1. The lowest BCUT2D eigenvalue weighted by molar-refractivity contribution is 0.0562. The van der Waals surface area contributed by atoms with Crippen LogP contribution in [0.5, 0.6) is 0 Å². The van der Waals surface area contributed by atoms with Gasteiger partial charge in [0, 0.05) is 24.8 Å². The van der Waals surface area contributed by atoms with Crippen LogP contribution in [0.2, 0.25) is 0 Å². The van der Waals surface area contributed by atoms with Crippen molar-refractivity contribution in [3.05, 3.63) is 34.1 Å². The Kier molecular flexibility index (Phi) is 4.93. The smallest absolute Gasteiger partial charge is 0.254 e. The lowest BCUT2D eigenvalue weighted by atomic mass is 9.90. The third-order valence-corrected chi connectivity index (χ3v) is 4.11. The largest absolute Gasteiger partial charge is 0.396 e. The van der Waals surface area contributed by atoms with Gasteiger partial charge >= 0.3 is 0 Å². The minimum Gasteiger partial charge on any atom is -0.396 e. The van der Waals surface area contributed by atoms with E-state index in [4.69, 9.17) is 5.11 Å². The first-order valence-electron chi connectivity index (χ1n) is 6.50. The average Bonchev–Trinajstić information content (AvgIpc) is 2.34. The van der Waals surface area contributed by atoms with E-state index >= 15 is 0 Å². The van der Waals surface area contributed by atoms with Crippen molar-refractivity contribution in [1.82, 2.24) is 4.90 Å². The van der Waals surface area contributed by atoms with E-state index < -0.39 is 0 Å². The normalized spacial score (nSPS) is 15.1. The Morgan fingerprint density at radius 2 is 2.21 bits per heavy atom. The fourth-order valence-corrected chi connectivity index (χ4v) is 2.56. The summed E-state index contributed by atoms with van der Waals surface area (Å²) in [6.45, 7) is 0.624. The fourth-order valence-electron chi connectivity index (χ4n) is 2.18. The molecule has 0 spiro atoms. The molecule has 0 saturated heterocycles. The zero-order valence-corrected chi connectivity index (χ0v) is 12.2. The van der Waals surface area contributed by atoms with Gasteiger partial charge in [0.15, 0.2) is 0 Å². The van der Waals surface area contributed by atoms with Crippen molar-refractivity contribution in [3.8, 4) is 0 Å². The van der Waals surface area contributed by atoms with E-state index in [9.17, 15) is 9.18 Å². The van der Waals surface area contributed by atoms with Crippen molar-refractivity contribution < 1.29 is 14.3 Å². The molecule has 1 aromatic rings. The number of hydrogen-bond acceptors (Lipinski definition) is 2. The zero-order chi connectivity index (χ0) is 13.8. The monoisotopic (exact) mass is 329 g/mol. The second-order valence-corrected chi connectivity index (χ2v) is 5.64. The van der Waals surface area contributed by atoms with Crippen molar-refractivity contribution in [2.75, 3.05) is 13.2 Å². The molecule has 1 aliphatic rings. The number of carbonyl (C=O) groups is 1. The number of halogens is 2. The van der Waals surface area contributed by atoms with Crippen molar-refractivity contribution in [2.45, 2.75) is 31.7 Å². The molecule has 0 unspecified atom stereocenters. The van der Waals surface area contributed by atoms with E-state index in [0.717, 1.165) is 19.3 Å². The molecule has 19 heavy (non-hydrogen) atoms. The summed E-state index contributed by atoms with van der Waals surface area (Å²) in [6, 6.07) is 4.58. The van der Waals surface area contributed by atoms with Crippen LogP contribution in [0.15, 0.2) is 22.7 Å². The molecule has 0 bridgehead atoms. The Bertz CT molecular complexity index is 463. The highest BCUT2D eigenvalue weighted by Crippen LogP contribution is 2.27. The maximum Gasteiger partial charge on any atom is 0.254 e. The molecule has 3 nitrogen and oxygen atoms in total. The van der Waals surface area contributed by atoms with E-state index in [1.165, 1.54) is 18.2 Å². The highest BCUT2D eigenvalue weighted by molar-refractivity contribution is 9.10. The van der Waals surface area contributed by atoms with Crippen molar-refractivity contribution in [3.63, 3.8) is 0 Å². The minimum absolute atomic E-state index is 0.0730. The first-order chi connectivity index (χ1) is 9.13. The number of aliphatic hydroxyl groups excluding tert-OH is 1. The number of carbonyl (C=O) groups excluding carboxylic acids is 1. The standard InChI is InChI=1S/C14H17BrFNO2/c15-12-9-10(5-6-13(12)16)14(19)17(7-2-8-18)11-3-1-4-11/h5-6,9,11,18H,1-4,7-8H2. The van der Waals surface area contributed by atoms with Crippen LogP contribution in [0, 0.1) is 5.82 Å². The quantitative estimate of drug-likeness (QED) is 0.902. The lowest BCUT2D eigenvalue weighted by Gasteiger charge is -2.37. The predicted octanol–water partition coefficient (Wildman–Crippen LogP) is 2.97. The molecule has 1 fully saturated rings. The van der Waals surface area contributed by atoms with E-state index in [2.05, 4.69) is 15.9 Å². The Morgan fingerprint density at radius 1 is 1.47 bits per heavy atom. The van der Waals surface area contributed by atoms with E-state index in [-0.39, 0.29) is 24.4 Å². The van der Waals surface area contributed by atoms with Crippen molar-refractivity contribution in [2.24, 2.45) is 0 Å². The van der Waals surface area contributed by atoms with Gasteiger partial charge in [0.05, 0.1) is 4.47 Å². The average molecular weight is 330 g/mol. The molecule has 2 rings (SSSR count). The van der Waals surface area contributed by atoms with Crippen LogP contribution in [0.25, 0.3) is 0 Å². The highest BCUT2D eigenvalue weighted by Gasteiger charge is 2.29. The molecule has 5 heteroatoms.